The summed E-state index contributed by atoms with van der Waals surface area (Å²) < 4.78 is 1.16. The van der Waals surface area contributed by atoms with Gasteiger partial charge in [0.05, 0.1) is 0 Å². The highest BCUT2D eigenvalue weighted by atomic mass is 127. The van der Waals surface area contributed by atoms with Crippen molar-refractivity contribution in [3.05, 3.63) is 32.4 Å². The first-order chi connectivity index (χ1) is 5.58. The van der Waals surface area contributed by atoms with E-state index in [-0.39, 0.29) is 6.04 Å². The van der Waals surface area contributed by atoms with Crippen molar-refractivity contribution < 1.29 is 0 Å². The molecule has 0 aliphatic carbocycles. The topological polar surface area (TPSA) is 26.0 Å². The van der Waals surface area contributed by atoms with Gasteiger partial charge in [0.15, 0.2) is 0 Å². The lowest BCUT2D eigenvalue weighted by molar-refractivity contribution is 0.738. The Bertz CT molecular complexity index is 253. The molecule has 1 rings (SSSR count). The summed E-state index contributed by atoms with van der Waals surface area (Å²) in [5.74, 6) is 0. The van der Waals surface area contributed by atoms with Crippen LogP contribution in [-0.2, 0) is 6.42 Å². The van der Waals surface area contributed by atoms with Crippen molar-refractivity contribution >= 4 is 34.2 Å². The van der Waals surface area contributed by atoms with Crippen molar-refractivity contribution in [2.75, 3.05) is 0 Å². The molecule has 0 heterocycles. The van der Waals surface area contributed by atoms with E-state index < -0.39 is 0 Å². The van der Waals surface area contributed by atoms with E-state index >= 15 is 0 Å². The number of hydrogen-bond donors (Lipinski definition) is 1. The van der Waals surface area contributed by atoms with Gasteiger partial charge in [-0.05, 0) is 59.7 Å². The van der Waals surface area contributed by atoms with Crippen LogP contribution in [0.2, 0.25) is 5.02 Å². The van der Waals surface area contributed by atoms with Crippen LogP contribution in [0.25, 0.3) is 0 Å². The molecule has 3 heteroatoms. The van der Waals surface area contributed by atoms with Crippen LogP contribution in [0.4, 0.5) is 0 Å². The van der Waals surface area contributed by atoms with Gasteiger partial charge in [-0.15, -0.1) is 0 Å². The zero-order chi connectivity index (χ0) is 9.14. The summed E-state index contributed by atoms with van der Waals surface area (Å²) in [6.07, 6.45) is 0.885. The summed E-state index contributed by atoms with van der Waals surface area (Å²) in [5, 5.41) is 0.789. The summed E-state index contributed by atoms with van der Waals surface area (Å²) in [7, 11) is 0. The largest absolute Gasteiger partial charge is 0.328 e. The Morgan fingerprint density at radius 2 is 2.17 bits per heavy atom. The van der Waals surface area contributed by atoms with Gasteiger partial charge in [0.1, 0.15) is 0 Å². The highest BCUT2D eigenvalue weighted by Crippen LogP contribution is 2.17. The smallest absolute Gasteiger partial charge is 0.0419 e. The number of hydrogen-bond acceptors (Lipinski definition) is 1. The van der Waals surface area contributed by atoms with Crippen LogP contribution in [-0.4, -0.2) is 6.04 Å². The molecule has 12 heavy (non-hydrogen) atoms. The molecule has 2 N–H and O–H groups in total. The first-order valence-electron chi connectivity index (χ1n) is 3.78. The lowest BCUT2D eigenvalue weighted by atomic mass is 10.1. The zero-order valence-electron chi connectivity index (χ0n) is 6.85. The Morgan fingerprint density at radius 3 is 2.67 bits per heavy atom. The van der Waals surface area contributed by atoms with Crippen LogP contribution in [0, 0.1) is 3.57 Å². The van der Waals surface area contributed by atoms with Crippen LogP contribution in [0.15, 0.2) is 18.2 Å². The fraction of sp³-hybridized carbons (Fsp3) is 0.333. The molecule has 0 unspecified atom stereocenters. The Hall–Kier alpha value is 0.200. The van der Waals surface area contributed by atoms with E-state index in [0.29, 0.717) is 0 Å². The molecule has 1 nitrogen and oxygen atoms in total. The first kappa shape index (κ1) is 10.3. The van der Waals surface area contributed by atoms with E-state index in [1.165, 1.54) is 5.56 Å². The highest BCUT2D eigenvalue weighted by Gasteiger charge is 2.00. The lowest BCUT2D eigenvalue weighted by Gasteiger charge is -2.05. The predicted octanol–water partition coefficient (Wildman–Crippen LogP) is 2.83. The summed E-state index contributed by atoms with van der Waals surface area (Å²) >= 11 is 8.14. The standard InChI is InChI=1S/C9H11ClIN/c1-6(12)2-7-3-8(10)5-9(11)4-7/h3-6H,2,12H2,1H3/t6-/m1/s1. The molecule has 0 amide bonds. The molecule has 0 radical (unpaired) electrons. The molecule has 0 aromatic heterocycles. The summed E-state index contributed by atoms with van der Waals surface area (Å²) in [6.45, 7) is 1.99. The molecular weight excluding hydrogens is 284 g/mol. The molecular formula is C9H11ClIN. The van der Waals surface area contributed by atoms with E-state index in [2.05, 4.69) is 28.7 Å². The van der Waals surface area contributed by atoms with E-state index in [1.54, 1.807) is 0 Å². The molecule has 66 valence electrons. The van der Waals surface area contributed by atoms with Crippen molar-refractivity contribution in [2.24, 2.45) is 5.73 Å². The fourth-order valence-corrected chi connectivity index (χ4v) is 2.28. The zero-order valence-corrected chi connectivity index (χ0v) is 9.76. The van der Waals surface area contributed by atoms with Gasteiger partial charge < -0.3 is 5.73 Å². The van der Waals surface area contributed by atoms with Crippen LogP contribution in [0.5, 0.6) is 0 Å². The molecule has 1 aromatic rings. The SMILES string of the molecule is C[C@@H](N)Cc1cc(Cl)cc(I)c1. The Labute approximate surface area is 91.4 Å². The normalized spacial score (nSPS) is 13.0. The van der Waals surface area contributed by atoms with E-state index in [0.717, 1.165) is 15.0 Å². The number of halogens is 2. The molecule has 0 aliphatic heterocycles. The van der Waals surface area contributed by atoms with Crippen molar-refractivity contribution in [1.82, 2.24) is 0 Å². The van der Waals surface area contributed by atoms with Crippen LogP contribution in [0.1, 0.15) is 12.5 Å². The fourth-order valence-electron chi connectivity index (χ4n) is 1.10. The first-order valence-corrected chi connectivity index (χ1v) is 5.24. The second-order valence-corrected chi connectivity index (χ2v) is 4.64. The van der Waals surface area contributed by atoms with Gasteiger partial charge >= 0.3 is 0 Å². The Kier molecular flexibility index (Phi) is 3.80. The average Bonchev–Trinajstić information content (AvgIpc) is 1.81. The van der Waals surface area contributed by atoms with Crippen LogP contribution < -0.4 is 5.73 Å². The van der Waals surface area contributed by atoms with Gasteiger partial charge in [0.25, 0.3) is 0 Å². The Morgan fingerprint density at radius 1 is 1.50 bits per heavy atom. The third-order valence-corrected chi connectivity index (χ3v) is 2.32. The highest BCUT2D eigenvalue weighted by molar-refractivity contribution is 14.1. The predicted molar refractivity (Wildman–Crippen MR) is 61.5 cm³/mol. The van der Waals surface area contributed by atoms with Gasteiger partial charge in [-0.3, -0.25) is 0 Å². The maximum atomic E-state index is 5.89. The maximum Gasteiger partial charge on any atom is 0.0419 e. The van der Waals surface area contributed by atoms with Gasteiger partial charge in [-0.25, -0.2) is 0 Å². The molecule has 0 bridgehead atoms. The molecule has 0 aliphatic rings. The molecule has 0 saturated carbocycles. The van der Waals surface area contributed by atoms with E-state index in [1.807, 2.05) is 19.1 Å². The quantitative estimate of drug-likeness (QED) is 0.834. The molecule has 0 spiro atoms. The van der Waals surface area contributed by atoms with E-state index in [9.17, 15) is 0 Å². The minimum atomic E-state index is 0.194. The van der Waals surface area contributed by atoms with Gasteiger partial charge in [-0.1, -0.05) is 11.6 Å². The molecule has 0 fully saturated rings. The minimum Gasteiger partial charge on any atom is -0.328 e. The van der Waals surface area contributed by atoms with Crippen molar-refractivity contribution in [3.63, 3.8) is 0 Å². The number of benzene rings is 1. The third-order valence-electron chi connectivity index (χ3n) is 1.48. The molecule has 1 aromatic carbocycles. The van der Waals surface area contributed by atoms with Crippen molar-refractivity contribution in [3.8, 4) is 0 Å². The monoisotopic (exact) mass is 295 g/mol. The second-order valence-electron chi connectivity index (χ2n) is 2.96. The summed E-state index contributed by atoms with van der Waals surface area (Å²) in [6, 6.07) is 6.20. The van der Waals surface area contributed by atoms with Crippen molar-refractivity contribution in [1.29, 1.82) is 0 Å². The van der Waals surface area contributed by atoms with Gasteiger partial charge in [0, 0.05) is 14.6 Å². The average molecular weight is 296 g/mol. The van der Waals surface area contributed by atoms with Crippen LogP contribution in [0.3, 0.4) is 0 Å². The van der Waals surface area contributed by atoms with Crippen LogP contribution >= 0.6 is 34.2 Å². The number of rotatable bonds is 2. The van der Waals surface area contributed by atoms with Crippen molar-refractivity contribution in [2.45, 2.75) is 19.4 Å². The summed E-state index contributed by atoms with van der Waals surface area (Å²) in [5.41, 5.74) is 6.89. The Balaban J connectivity index is 2.85. The third kappa shape index (κ3) is 3.29. The second kappa shape index (κ2) is 4.44. The maximum absolute atomic E-state index is 5.89. The van der Waals surface area contributed by atoms with Gasteiger partial charge in [0.2, 0.25) is 0 Å². The molecule has 0 saturated heterocycles. The summed E-state index contributed by atoms with van der Waals surface area (Å²) in [4.78, 5) is 0. The van der Waals surface area contributed by atoms with E-state index in [4.69, 9.17) is 17.3 Å². The number of nitrogens with two attached hydrogens (primary N) is 1. The molecule has 1 atom stereocenters. The van der Waals surface area contributed by atoms with Gasteiger partial charge in [-0.2, -0.15) is 0 Å². The lowest BCUT2D eigenvalue weighted by Crippen LogP contribution is -2.17. The minimum absolute atomic E-state index is 0.194.